The summed E-state index contributed by atoms with van der Waals surface area (Å²) in [7, 11) is -0.331. The molecule has 0 aliphatic heterocycles. The molecule has 0 aliphatic rings. The Bertz CT molecular complexity index is 818. The average molecular weight is 348 g/mol. The number of aryl methyl sites for hydroxylation is 1. The first-order valence-corrected chi connectivity index (χ1v) is 9.23. The molecule has 0 spiro atoms. The fourth-order valence-electron chi connectivity index (χ4n) is 2.73. The lowest BCUT2D eigenvalue weighted by Crippen LogP contribution is -2.29. The zero-order chi connectivity index (χ0) is 17.9. The standard InChI is InChI=1S/C18H24N2O3S/c1-13-12-17(14(2)15(3)18(13)23-5)24(21,22)20(4)11-8-16-6-9-19-10-7-16/h6-7,9-10,12H,8,11H2,1-5H3. The molecule has 24 heavy (non-hydrogen) atoms. The van der Waals surface area contributed by atoms with Crippen LogP contribution in [0.15, 0.2) is 35.5 Å². The first-order valence-electron chi connectivity index (χ1n) is 7.79. The van der Waals surface area contributed by atoms with E-state index >= 15 is 0 Å². The highest BCUT2D eigenvalue weighted by Gasteiger charge is 2.25. The van der Waals surface area contributed by atoms with E-state index in [1.54, 1.807) is 32.6 Å². The van der Waals surface area contributed by atoms with Crippen LogP contribution in [0.5, 0.6) is 5.75 Å². The van der Waals surface area contributed by atoms with Crippen molar-refractivity contribution in [1.29, 1.82) is 0 Å². The van der Waals surface area contributed by atoms with Crippen molar-refractivity contribution in [3.8, 4) is 5.75 Å². The second-order valence-electron chi connectivity index (χ2n) is 5.91. The predicted molar refractivity (Wildman–Crippen MR) is 95.0 cm³/mol. The van der Waals surface area contributed by atoms with Crippen molar-refractivity contribution < 1.29 is 13.2 Å². The van der Waals surface area contributed by atoms with Crippen molar-refractivity contribution in [2.24, 2.45) is 0 Å². The van der Waals surface area contributed by atoms with E-state index in [0.717, 1.165) is 28.0 Å². The molecule has 1 aromatic carbocycles. The Labute approximate surface area is 144 Å². The Morgan fingerprint density at radius 2 is 1.75 bits per heavy atom. The molecule has 1 heterocycles. The Kier molecular flexibility index (Phi) is 5.62. The van der Waals surface area contributed by atoms with Gasteiger partial charge >= 0.3 is 0 Å². The highest BCUT2D eigenvalue weighted by Crippen LogP contribution is 2.32. The monoisotopic (exact) mass is 348 g/mol. The molecule has 5 nitrogen and oxygen atoms in total. The van der Waals surface area contributed by atoms with Crippen molar-refractivity contribution in [2.45, 2.75) is 32.1 Å². The number of ether oxygens (including phenoxy) is 1. The van der Waals surface area contributed by atoms with Gasteiger partial charge in [-0.3, -0.25) is 4.98 Å². The van der Waals surface area contributed by atoms with E-state index in [0.29, 0.717) is 17.9 Å². The minimum Gasteiger partial charge on any atom is -0.496 e. The van der Waals surface area contributed by atoms with Crippen molar-refractivity contribution in [3.63, 3.8) is 0 Å². The predicted octanol–water partition coefficient (Wildman–Crippen LogP) is 2.88. The van der Waals surface area contributed by atoms with E-state index in [4.69, 9.17) is 4.74 Å². The Morgan fingerprint density at radius 1 is 1.12 bits per heavy atom. The number of nitrogens with zero attached hydrogens (tertiary/aromatic N) is 2. The Balaban J connectivity index is 2.30. The van der Waals surface area contributed by atoms with Crippen LogP contribution in [0.2, 0.25) is 0 Å². The quantitative estimate of drug-likeness (QED) is 0.805. The topological polar surface area (TPSA) is 59.5 Å². The maximum atomic E-state index is 13.0. The molecule has 6 heteroatoms. The van der Waals surface area contributed by atoms with Crippen LogP contribution in [0.4, 0.5) is 0 Å². The van der Waals surface area contributed by atoms with Crippen LogP contribution < -0.4 is 4.74 Å². The minimum atomic E-state index is -3.55. The van der Waals surface area contributed by atoms with Gasteiger partial charge in [0.15, 0.2) is 0 Å². The van der Waals surface area contributed by atoms with E-state index in [9.17, 15) is 8.42 Å². The van der Waals surface area contributed by atoms with Gasteiger partial charge in [-0.15, -0.1) is 0 Å². The van der Waals surface area contributed by atoms with Gasteiger partial charge in [-0.25, -0.2) is 12.7 Å². The molecular weight excluding hydrogens is 324 g/mol. The third kappa shape index (κ3) is 3.60. The summed E-state index contributed by atoms with van der Waals surface area (Å²) in [6, 6.07) is 5.49. The van der Waals surface area contributed by atoms with Gasteiger partial charge in [-0.2, -0.15) is 0 Å². The summed E-state index contributed by atoms with van der Waals surface area (Å²) in [6.07, 6.45) is 4.07. The Morgan fingerprint density at radius 3 is 2.33 bits per heavy atom. The first kappa shape index (κ1) is 18.4. The van der Waals surface area contributed by atoms with Crippen LogP contribution in [-0.2, 0) is 16.4 Å². The van der Waals surface area contributed by atoms with Crippen LogP contribution in [0.25, 0.3) is 0 Å². The molecule has 0 unspecified atom stereocenters. The van der Waals surface area contributed by atoms with E-state index in [1.165, 1.54) is 4.31 Å². The van der Waals surface area contributed by atoms with Crippen LogP contribution >= 0.6 is 0 Å². The summed E-state index contributed by atoms with van der Waals surface area (Å²) in [4.78, 5) is 4.32. The Hall–Kier alpha value is -1.92. The van der Waals surface area contributed by atoms with E-state index < -0.39 is 10.0 Å². The van der Waals surface area contributed by atoms with Gasteiger partial charge in [0.25, 0.3) is 0 Å². The fourth-order valence-corrected chi connectivity index (χ4v) is 4.26. The lowest BCUT2D eigenvalue weighted by atomic mass is 10.1. The zero-order valence-corrected chi connectivity index (χ0v) is 15.6. The van der Waals surface area contributed by atoms with Crippen LogP contribution in [0.1, 0.15) is 22.3 Å². The molecular formula is C18H24N2O3S. The zero-order valence-electron chi connectivity index (χ0n) is 14.8. The van der Waals surface area contributed by atoms with Crippen LogP contribution in [-0.4, -0.2) is 38.4 Å². The lowest BCUT2D eigenvalue weighted by Gasteiger charge is -2.21. The summed E-state index contributed by atoms with van der Waals surface area (Å²) >= 11 is 0. The molecule has 0 atom stereocenters. The molecule has 0 fully saturated rings. The maximum absolute atomic E-state index is 13.0. The fraction of sp³-hybridized carbons (Fsp3) is 0.389. The largest absolute Gasteiger partial charge is 0.496 e. The SMILES string of the molecule is COc1c(C)cc(S(=O)(=O)N(C)CCc2ccncc2)c(C)c1C. The number of rotatable bonds is 6. The molecule has 0 saturated carbocycles. The number of hydrogen-bond acceptors (Lipinski definition) is 4. The number of benzene rings is 1. The van der Waals surface area contributed by atoms with Crippen molar-refractivity contribution in [3.05, 3.63) is 52.8 Å². The molecule has 0 saturated heterocycles. The third-order valence-electron chi connectivity index (χ3n) is 4.34. The maximum Gasteiger partial charge on any atom is 0.243 e. The summed E-state index contributed by atoms with van der Waals surface area (Å²) in [5.41, 5.74) is 3.47. The number of sulfonamides is 1. The van der Waals surface area contributed by atoms with Crippen molar-refractivity contribution >= 4 is 10.0 Å². The smallest absolute Gasteiger partial charge is 0.243 e. The first-order chi connectivity index (χ1) is 11.3. The second kappa shape index (κ2) is 7.32. The van der Waals surface area contributed by atoms with Gasteiger partial charge in [0.05, 0.1) is 12.0 Å². The van der Waals surface area contributed by atoms with Gasteiger partial charge in [0.1, 0.15) is 5.75 Å². The number of pyridine rings is 1. The highest BCUT2D eigenvalue weighted by atomic mass is 32.2. The van der Waals surface area contributed by atoms with Crippen LogP contribution in [0.3, 0.4) is 0 Å². The van der Waals surface area contributed by atoms with Crippen molar-refractivity contribution in [1.82, 2.24) is 9.29 Å². The number of aromatic nitrogens is 1. The molecule has 0 amide bonds. The number of likely N-dealkylation sites (N-methyl/N-ethyl adjacent to an activating group) is 1. The van der Waals surface area contributed by atoms with Gasteiger partial charge in [0.2, 0.25) is 10.0 Å². The van der Waals surface area contributed by atoms with Gasteiger partial charge in [-0.05, 0) is 67.6 Å². The molecule has 2 aromatic rings. The molecule has 1 aromatic heterocycles. The second-order valence-corrected chi connectivity index (χ2v) is 7.92. The van der Waals surface area contributed by atoms with Crippen molar-refractivity contribution in [2.75, 3.05) is 20.7 Å². The van der Waals surface area contributed by atoms with Gasteiger partial charge in [0, 0.05) is 26.0 Å². The average Bonchev–Trinajstić information content (AvgIpc) is 2.57. The minimum absolute atomic E-state index is 0.343. The summed E-state index contributed by atoms with van der Waals surface area (Å²) in [5, 5.41) is 0. The summed E-state index contributed by atoms with van der Waals surface area (Å²) < 4.78 is 32.7. The van der Waals surface area contributed by atoms with E-state index in [2.05, 4.69) is 4.98 Å². The van der Waals surface area contributed by atoms with E-state index in [-0.39, 0.29) is 0 Å². The lowest BCUT2D eigenvalue weighted by molar-refractivity contribution is 0.407. The molecule has 130 valence electrons. The third-order valence-corrected chi connectivity index (χ3v) is 6.32. The molecule has 0 aliphatic carbocycles. The number of methoxy groups -OCH3 is 1. The normalized spacial score (nSPS) is 11.8. The molecule has 2 rings (SSSR count). The summed E-state index contributed by atoms with van der Waals surface area (Å²) in [6.45, 7) is 5.98. The highest BCUT2D eigenvalue weighted by molar-refractivity contribution is 7.89. The molecule has 0 radical (unpaired) electrons. The van der Waals surface area contributed by atoms with E-state index in [1.807, 2.05) is 32.9 Å². The number of hydrogen-bond donors (Lipinski definition) is 0. The van der Waals surface area contributed by atoms with Gasteiger partial charge in [-0.1, -0.05) is 0 Å². The summed E-state index contributed by atoms with van der Waals surface area (Å²) in [5.74, 6) is 0.742. The van der Waals surface area contributed by atoms with Crippen LogP contribution in [0, 0.1) is 20.8 Å². The molecule has 0 bridgehead atoms. The molecule has 0 N–H and O–H groups in total. The van der Waals surface area contributed by atoms with Gasteiger partial charge < -0.3 is 4.74 Å².